The van der Waals surface area contributed by atoms with Crippen LogP contribution in [0.1, 0.15) is 12.8 Å². The van der Waals surface area contributed by atoms with E-state index in [1.165, 1.54) is 6.07 Å². The van der Waals surface area contributed by atoms with Crippen molar-refractivity contribution in [3.05, 3.63) is 24.3 Å². The average molecular weight is 304 g/mol. The Morgan fingerprint density at radius 1 is 1.21 bits per heavy atom. The first-order valence-corrected chi connectivity index (χ1v) is 9.23. The van der Waals surface area contributed by atoms with Crippen LogP contribution >= 0.6 is 0 Å². The Morgan fingerprint density at radius 3 is 2.42 bits per heavy atom. The lowest BCUT2D eigenvalue weighted by molar-refractivity contribution is 0.555. The van der Waals surface area contributed by atoms with Crippen LogP contribution in [0.2, 0.25) is 0 Å². The number of nitrogen functional groups attached to an aromatic ring is 1. The number of hydrogen-bond donors (Lipinski definition) is 2. The highest BCUT2D eigenvalue weighted by Crippen LogP contribution is 2.22. The van der Waals surface area contributed by atoms with Gasteiger partial charge in [-0.25, -0.2) is 16.8 Å². The maximum absolute atomic E-state index is 12.1. The number of rotatable bonds is 3. The Morgan fingerprint density at radius 2 is 1.84 bits per heavy atom. The number of nitrogens with one attached hydrogen (secondary N) is 1. The minimum absolute atomic E-state index is 0.0739. The fraction of sp³-hybridized carbons (Fsp3) is 0.455. The van der Waals surface area contributed by atoms with Gasteiger partial charge in [0.25, 0.3) is 0 Å². The SMILES string of the molecule is Nc1cccc(NS(=O)(=O)C2CCS(=O)(=O)CC2)c1. The number of anilines is 2. The van der Waals surface area contributed by atoms with Gasteiger partial charge >= 0.3 is 0 Å². The zero-order chi connectivity index (χ0) is 14.1. The topological polar surface area (TPSA) is 106 Å². The molecular weight excluding hydrogens is 288 g/mol. The normalized spacial score (nSPS) is 20.0. The average Bonchev–Trinajstić information content (AvgIpc) is 2.27. The number of benzene rings is 1. The summed E-state index contributed by atoms with van der Waals surface area (Å²) < 4.78 is 49.3. The number of nitrogens with two attached hydrogens (primary N) is 1. The van der Waals surface area contributed by atoms with Crippen LogP contribution < -0.4 is 10.5 Å². The van der Waals surface area contributed by atoms with Crippen LogP contribution in [0.3, 0.4) is 0 Å². The van der Waals surface area contributed by atoms with Gasteiger partial charge in [-0.05, 0) is 31.0 Å². The van der Waals surface area contributed by atoms with Gasteiger partial charge in [-0.1, -0.05) is 6.07 Å². The molecule has 19 heavy (non-hydrogen) atoms. The van der Waals surface area contributed by atoms with E-state index >= 15 is 0 Å². The summed E-state index contributed by atoms with van der Waals surface area (Å²) >= 11 is 0. The highest BCUT2D eigenvalue weighted by molar-refractivity contribution is 7.94. The zero-order valence-corrected chi connectivity index (χ0v) is 11.9. The third-order valence-corrected chi connectivity index (χ3v) is 6.67. The zero-order valence-electron chi connectivity index (χ0n) is 10.2. The summed E-state index contributed by atoms with van der Waals surface area (Å²) in [5.41, 5.74) is 6.44. The molecule has 2 rings (SSSR count). The van der Waals surface area contributed by atoms with E-state index < -0.39 is 25.1 Å². The molecule has 0 amide bonds. The van der Waals surface area contributed by atoms with Crippen molar-refractivity contribution >= 4 is 31.2 Å². The van der Waals surface area contributed by atoms with Crippen LogP contribution in [-0.4, -0.2) is 33.6 Å². The van der Waals surface area contributed by atoms with Gasteiger partial charge in [0, 0.05) is 5.69 Å². The van der Waals surface area contributed by atoms with Crippen molar-refractivity contribution in [2.45, 2.75) is 18.1 Å². The Kier molecular flexibility index (Phi) is 3.73. The van der Waals surface area contributed by atoms with Gasteiger partial charge in [0.2, 0.25) is 10.0 Å². The minimum Gasteiger partial charge on any atom is -0.399 e. The molecule has 0 unspecified atom stereocenters. The molecule has 1 heterocycles. The molecule has 0 bridgehead atoms. The quantitative estimate of drug-likeness (QED) is 0.795. The van der Waals surface area contributed by atoms with Gasteiger partial charge in [-0.3, -0.25) is 4.72 Å². The molecule has 1 fully saturated rings. The van der Waals surface area contributed by atoms with E-state index in [2.05, 4.69) is 4.72 Å². The number of sulfone groups is 1. The second-order valence-corrected chi connectivity index (χ2v) is 8.89. The van der Waals surface area contributed by atoms with E-state index in [9.17, 15) is 16.8 Å². The molecule has 6 nitrogen and oxygen atoms in total. The molecule has 1 aromatic rings. The lowest BCUT2D eigenvalue weighted by Crippen LogP contribution is -2.36. The Balaban J connectivity index is 2.11. The molecule has 1 aliphatic rings. The van der Waals surface area contributed by atoms with Crippen LogP contribution in [-0.2, 0) is 19.9 Å². The number of sulfonamides is 1. The standard InChI is InChI=1S/C11H16N2O4S2/c12-9-2-1-3-10(8-9)13-19(16,17)11-4-6-18(14,15)7-5-11/h1-3,8,11,13H,4-7,12H2. The predicted octanol–water partition coefficient (Wildman–Crippen LogP) is 0.588. The Bertz CT molecular complexity index is 654. The molecule has 0 atom stereocenters. The van der Waals surface area contributed by atoms with Crippen molar-refractivity contribution in [3.63, 3.8) is 0 Å². The largest absolute Gasteiger partial charge is 0.399 e. The van der Waals surface area contributed by atoms with Crippen LogP contribution in [0.25, 0.3) is 0 Å². The second kappa shape index (κ2) is 5.01. The monoisotopic (exact) mass is 304 g/mol. The molecule has 3 N–H and O–H groups in total. The first-order valence-electron chi connectivity index (χ1n) is 5.86. The summed E-state index contributed by atoms with van der Waals surface area (Å²) in [4.78, 5) is 0. The fourth-order valence-electron chi connectivity index (χ4n) is 2.03. The molecule has 0 aliphatic carbocycles. The smallest absolute Gasteiger partial charge is 0.235 e. The first-order chi connectivity index (χ1) is 8.78. The van der Waals surface area contributed by atoms with Crippen molar-refractivity contribution in [1.82, 2.24) is 0 Å². The molecule has 106 valence electrons. The second-order valence-electron chi connectivity index (χ2n) is 4.62. The van der Waals surface area contributed by atoms with E-state index in [1.54, 1.807) is 18.2 Å². The van der Waals surface area contributed by atoms with Crippen LogP contribution in [0.5, 0.6) is 0 Å². The molecular formula is C11H16N2O4S2. The van der Waals surface area contributed by atoms with Crippen molar-refractivity contribution in [3.8, 4) is 0 Å². The molecule has 8 heteroatoms. The summed E-state index contributed by atoms with van der Waals surface area (Å²) in [6, 6.07) is 6.44. The van der Waals surface area contributed by atoms with Gasteiger partial charge in [0.05, 0.1) is 22.4 Å². The highest BCUT2D eigenvalue weighted by Gasteiger charge is 2.32. The van der Waals surface area contributed by atoms with Gasteiger partial charge in [0.1, 0.15) is 9.84 Å². The van der Waals surface area contributed by atoms with Gasteiger partial charge in [-0.15, -0.1) is 0 Å². The van der Waals surface area contributed by atoms with Crippen molar-refractivity contribution in [1.29, 1.82) is 0 Å². The highest BCUT2D eigenvalue weighted by atomic mass is 32.2. The summed E-state index contributed by atoms with van der Waals surface area (Å²) in [6.07, 6.45) is 0.278. The maximum Gasteiger partial charge on any atom is 0.235 e. The summed E-state index contributed by atoms with van der Waals surface area (Å²) in [6.45, 7) is 0. The van der Waals surface area contributed by atoms with E-state index in [1.807, 2.05) is 0 Å². The molecule has 0 saturated carbocycles. The lowest BCUT2D eigenvalue weighted by atomic mass is 10.2. The first kappa shape index (κ1) is 14.1. The maximum atomic E-state index is 12.1. The fourth-order valence-corrected chi connectivity index (χ4v) is 5.30. The minimum atomic E-state index is -3.57. The van der Waals surface area contributed by atoms with E-state index in [0.29, 0.717) is 11.4 Å². The summed E-state index contributed by atoms with van der Waals surface area (Å²) in [7, 11) is -6.64. The Hall–Kier alpha value is -1.28. The molecule has 0 spiro atoms. The molecule has 1 aliphatic heterocycles. The lowest BCUT2D eigenvalue weighted by Gasteiger charge is -2.22. The number of hydrogen-bond acceptors (Lipinski definition) is 5. The molecule has 0 aromatic heterocycles. The summed E-state index contributed by atoms with van der Waals surface area (Å²) in [5, 5.41) is -0.669. The van der Waals surface area contributed by atoms with Gasteiger partial charge in [-0.2, -0.15) is 0 Å². The van der Waals surface area contributed by atoms with Gasteiger partial charge in [0.15, 0.2) is 0 Å². The van der Waals surface area contributed by atoms with E-state index in [0.717, 1.165) is 0 Å². The van der Waals surface area contributed by atoms with Crippen LogP contribution in [0.4, 0.5) is 11.4 Å². The van der Waals surface area contributed by atoms with Crippen molar-refractivity contribution in [2.75, 3.05) is 22.0 Å². The van der Waals surface area contributed by atoms with Crippen LogP contribution in [0, 0.1) is 0 Å². The third-order valence-electron chi connectivity index (χ3n) is 3.09. The summed E-state index contributed by atoms with van der Waals surface area (Å²) in [5.74, 6) is -0.148. The van der Waals surface area contributed by atoms with E-state index in [-0.39, 0.29) is 24.3 Å². The predicted molar refractivity (Wildman–Crippen MR) is 75.1 cm³/mol. The van der Waals surface area contributed by atoms with E-state index in [4.69, 9.17) is 5.73 Å². The van der Waals surface area contributed by atoms with Crippen molar-refractivity contribution < 1.29 is 16.8 Å². The molecule has 1 saturated heterocycles. The van der Waals surface area contributed by atoms with Crippen molar-refractivity contribution in [2.24, 2.45) is 0 Å². The van der Waals surface area contributed by atoms with Crippen LogP contribution in [0.15, 0.2) is 24.3 Å². The third kappa shape index (κ3) is 3.60. The molecule has 0 radical (unpaired) electrons. The van der Waals surface area contributed by atoms with Gasteiger partial charge < -0.3 is 5.73 Å². The Labute approximate surface area is 113 Å². The molecule has 1 aromatic carbocycles.